The monoisotopic (exact) mass is 375 g/mol. The molecule has 1 aliphatic heterocycles. The van der Waals surface area contributed by atoms with Crippen LogP contribution in [0.4, 0.5) is 11.5 Å². The highest BCUT2D eigenvalue weighted by Crippen LogP contribution is 2.20. The average Bonchev–Trinajstić information content (AvgIpc) is 2.66. The Morgan fingerprint density at radius 3 is 2.77 bits per heavy atom. The minimum absolute atomic E-state index is 0.250. The van der Waals surface area contributed by atoms with Crippen LogP contribution in [0, 0.1) is 6.92 Å². The Hall–Kier alpha value is -2.22. The maximum atomic E-state index is 12.2. The van der Waals surface area contributed by atoms with Crippen molar-refractivity contribution >= 4 is 29.0 Å². The summed E-state index contributed by atoms with van der Waals surface area (Å²) < 4.78 is 5.33. The summed E-state index contributed by atoms with van der Waals surface area (Å²) in [6.07, 6.45) is 3.03. The maximum Gasteiger partial charge on any atom is 0.275 e. The molecule has 2 N–H and O–H groups in total. The number of benzene rings is 1. The molecule has 0 atom stereocenters. The molecule has 1 fully saturated rings. The normalized spacial score (nSPS) is 14.8. The lowest BCUT2D eigenvalue weighted by atomic mass is 10.2. The van der Waals surface area contributed by atoms with Crippen molar-refractivity contribution in [2.24, 2.45) is 0 Å². The number of carbonyl (C=O) groups is 1. The third-order valence-electron chi connectivity index (χ3n) is 4.15. The molecule has 0 unspecified atom stereocenters. The Balaban J connectivity index is 1.49. The number of ether oxygens (including phenoxy) is 1. The van der Waals surface area contributed by atoms with Gasteiger partial charge in [0.25, 0.3) is 5.91 Å². The highest BCUT2D eigenvalue weighted by Gasteiger charge is 2.11. The van der Waals surface area contributed by atoms with Gasteiger partial charge in [-0.2, -0.15) is 0 Å². The number of amides is 1. The zero-order valence-corrected chi connectivity index (χ0v) is 15.4. The number of halogens is 1. The van der Waals surface area contributed by atoms with Crippen molar-refractivity contribution in [2.45, 2.75) is 6.92 Å². The lowest BCUT2D eigenvalue weighted by Gasteiger charge is -2.26. The maximum absolute atomic E-state index is 12.2. The van der Waals surface area contributed by atoms with Crippen LogP contribution in [0.15, 0.2) is 30.6 Å². The van der Waals surface area contributed by atoms with E-state index in [9.17, 15) is 4.79 Å². The summed E-state index contributed by atoms with van der Waals surface area (Å²) in [4.78, 5) is 23.0. The first-order chi connectivity index (χ1) is 12.6. The molecular formula is C18H22ClN5O2. The number of morpholine rings is 1. The van der Waals surface area contributed by atoms with Gasteiger partial charge in [-0.1, -0.05) is 17.7 Å². The smallest absolute Gasteiger partial charge is 0.275 e. The Morgan fingerprint density at radius 2 is 2.08 bits per heavy atom. The van der Waals surface area contributed by atoms with Crippen LogP contribution < -0.4 is 10.6 Å². The van der Waals surface area contributed by atoms with Gasteiger partial charge >= 0.3 is 0 Å². The molecule has 3 rings (SSSR count). The Labute approximate surface area is 157 Å². The van der Waals surface area contributed by atoms with E-state index in [1.807, 2.05) is 13.0 Å². The molecule has 1 saturated heterocycles. The van der Waals surface area contributed by atoms with Crippen LogP contribution in [-0.2, 0) is 4.74 Å². The number of rotatable bonds is 6. The van der Waals surface area contributed by atoms with Gasteiger partial charge in [0.15, 0.2) is 0 Å². The number of hydrogen-bond donors (Lipinski definition) is 2. The van der Waals surface area contributed by atoms with Crippen LogP contribution >= 0.6 is 11.6 Å². The summed E-state index contributed by atoms with van der Waals surface area (Å²) in [5, 5.41) is 6.59. The molecule has 1 amide bonds. The molecule has 1 aromatic heterocycles. The van der Waals surface area contributed by atoms with Gasteiger partial charge in [0.2, 0.25) is 0 Å². The molecule has 0 saturated carbocycles. The molecule has 7 nitrogen and oxygen atoms in total. The van der Waals surface area contributed by atoms with Crippen molar-refractivity contribution < 1.29 is 9.53 Å². The van der Waals surface area contributed by atoms with Gasteiger partial charge in [0.05, 0.1) is 25.6 Å². The third kappa shape index (κ3) is 5.14. The molecule has 0 aliphatic carbocycles. The van der Waals surface area contributed by atoms with Crippen LogP contribution in [-0.4, -0.2) is 60.2 Å². The van der Waals surface area contributed by atoms with Crippen molar-refractivity contribution in [2.75, 3.05) is 50.0 Å². The first-order valence-corrected chi connectivity index (χ1v) is 8.93. The third-order valence-corrected chi connectivity index (χ3v) is 4.56. The Bertz CT molecular complexity index is 748. The predicted octanol–water partition coefficient (Wildman–Crippen LogP) is 2.43. The Morgan fingerprint density at radius 1 is 1.27 bits per heavy atom. The van der Waals surface area contributed by atoms with E-state index in [0.29, 0.717) is 16.5 Å². The second kappa shape index (κ2) is 8.93. The quantitative estimate of drug-likeness (QED) is 0.807. The van der Waals surface area contributed by atoms with Gasteiger partial charge in [0.1, 0.15) is 11.5 Å². The van der Waals surface area contributed by atoms with E-state index in [1.165, 1.54) is 6.20 Å². The van der Waals surface area contributed by atoms with Crippen molar-refractivity contribution in [3.63, 3.8) is 0 Å². The van der Waals surface area contributed by atoms with E-state index in [0.717, 1.165) is 45.0 Å². The van der Waals surface area contributed by atoms with Crippen molar-refractivity contribution in [1.82, 2.24) is 14.9 Å². The predicted molar refractivity (Wildman–Crippen MR) is 102 cm³/mol. The molecule has 2 aromatic rings. The van der Waals surface area contributed by atoms with Crippen LogP contribution in [0.3, 0.4) is 0 Å². The Kier molecular flexibility index (Phi) is 6.38. The van der Waals surface area contributed by atoms with E-state index >= 15 is 0 Å². The molecule has 138 valence electrons. The second-order valence-electron chi connectivity index (χ2n) is 6.09. The van der Waals surface area contributed by atoms with E-state index in [1.54, 1.807) is 18.3 Å². The number of aromatic nitrogens is 2. The second-order valence-corrected chi connectivity index (χ2v) is 6.49. The summed E-state index contributed by atoms with van der Waals surface area (Å²) in [7, 11) is 0. The van der Waals surface area contributed by atoms with E-state index in [-0.39, 0.29) is 11.6 Å². The van der Waals surface area contributed by atoms with Gasteiger partial charge in [-0.25, -0.2) is 9.97 Å². The van der Waals surface area contributed by atoms with E-state index < -0.39 is 0 Å². The van der Waals surface area contributed by atoms with Gasteiger partial charge in [-0.05, 0) is 24.6 Å². The first kappa shape index (κ1) is 18.6. The number of anilines is 2. The highest BCUT2D eigenvalue weighted by atomic mass is 35.5. The number of nitrogens with zero attached hydrogens (tertiary/aromatic N) is 3. The largest absolute Gasteiger partial charge is 0.379 e. The summed E-state index contributed by atoms with van der Waals surface area (Å²) in [6.45, 7) is 7.07. The molecule has 26 heavy (non-hydrogen) atoms. The molecule has 0 radical (unpaired) electrons. The SMILES string of the molecule is Cc1ccc(NC(=O)c2cnc(NCCN3CCOCC3)cn2)cc1Cl. The van der Waals surface area contributed by atoms with Crippen molar-refractivity contribution in [1.29, 1.82) is 0 Å². The molecule has 8 heteroatoms. The van der Waals surface area contributed by atoms with E-state index in [2.05, 4.69) is 25.5 Å². The highest BCUT2D eigenvalue weighted by molar-refractivity contribution is 6.31. The number of hydrogen-bond acceptors (Lipinski definition) is 6. The minimum Gasteiger partial charge on any atom is -0.379 e. The standard InChI is InChI=1S/C18H22ClN5O2/c1-13-2-3-14(10-15(13)19)23-18(25)16-11-22-17(12-21-16)20-4-5-24-6-8-26-9-7-24/h2-3,10-12H,4-9H2,1H3,(H,20,22)(H,23,25). The van der Waals surface area contributed by atoms with E-state index in [4.69, 9.17) is 16.3 Å². The van der Waals surface area contributed by atoms with Crippen LogP contribution in [0.5, 0.6) is 0 Å². The molecule has 0 bridgehead atoms. The van der Waals surface area contributed by atoms with Crippen molar-refractivity contribution in [3.05, 3.63) is 46.9 Å². The lowest BCUT2D eigenvalue weighted by molar-refractivity contribution is 0.0398. The van der Waals surface area contributed by atoms with Crippen LogP contribution in [0.1, 0.15) is 16.1 Å². The number of nitrogens with one attached hydrogen (secondary N) is 2. The fourth-order valence-electron chi connectivity index (χ4n) is 2.57. The zero-order valence-electron chi connectivity index (χ0n) is 14.7. The van der Waals surface area contributed by atoms with Gasteiger partial charge < -0.3 is 15.4 Å². The molecule has 0 spiro atoms. The van der Waals surface area contributed by atoms with Gasteiger partial charge in [-0.15, -0.1) is 0 Å². The fraction of sp³-hybridized carbons (Fsp3) is 0.389. The van der Waals surface area contributed by atoms with Crippen LogP contribution in [0.25, 0.3) is 0 Å². The first-order valence-electron chi connectivity index (χ1n) is 8.55. The number of carbonyl (C=O) groups excluding carboxylic acids is 1. The molecule has 1 aliphatic rings. The van der Waals surface area contributed by atoms with Crippen LogP contribution in [0.2, 0.25) is 5.02 Å². The zero-order chi connectivity index (χ0) is 18.4. The average molecular weight is 376 g/mol. The minimum atomic E-state index is -0.322. The summed E-state index contributed by atoms with van der Waals surface area (Å²) in [5.41, 5.74) is 1.83. The lowest BCUT2D eigenvalue weighted by Crippen LogP contribution is -2.39. The van der Waals surface area contributed by atoms with Crippen molar-refractivity contribution in [3.8, 4) is 0 Å². The van der Waals surface area contributed by atoms with Gasteiger partial charge in [0, 0.05) is 36.9 Å². The molecule has 2 heterocycles. The topological polar surface area (TPSA) is 79.4 Å². The summed E-state index contributed by atoms with van der Waals surface area (Å²) in [5.74, 6) is 0.325. The summed E-state index contributed by atoms with van der Waals surface area (Å²) >= 11 is 6.07. The molecular weight excluding hydrogens is 354 g/mol. The van der Waals surface area contributed by atoms with Gasteiger partial charge in [-0.3, -0.25) is 9.69 Å². The number of aryl methyl sites for hydroxylation is 1. The summed E-state index contributed by atoms with van der Waals surface area (Å²) in [6, 6.07) is 5.36. The fourth-order valence-corrected chi connectivity index (χ4v) is 2.75. The molecule has 1 aromatic carbocycles.